The van der Waals surface area contributed by atoms with E-state index in [1.165, 1.54) is 0 Å². The minimum Gasteiger partial charge on any atom is -0.539 e. The van der Waals surface area contributed by atoms with Crippen molar-refractivity contribution in [3.63, 3.8) is 0 Å². The number of hydrogen-bond donors (Lipinski definition) is 1. The number of carboxylic acids is 1. The van der Waals surface area contributed by atoms with Crippen LogP contribution in [0.5, 0.6) is 0 Å². The lowest BCUT2D eigenvalue weighted by Gasteiger charge is -2.36. The van der Waals surface area contributed by atoms with Crippen LogP contribution in [-0.2, 0) is 15.6 Å². The number of hydrogen-bond acceptors (Lipinski definition) is 4. The van der Waals surface area contributed by atoms with E-state index in [0.717, 1.165) is 48.4 Å². The van der Waals surface area contributed by atoms with Gasteiger partial charge < -0.3 is 9.53 Å². The number of thiazole rings is 1. The summed E-state index contributed by atoms with van der Waals surface area (Å²) in [7, 11) is -2.13. The van der Waals surface area contributed by atoms with Crippen molar-refractivity contribution in [1.82, 2.24) is 4.98 Å². The lowest BCUT2D eigenvalue weighted by atomic mass is 10.1. The van der Waals surface area contributed by atoms with Crippen LogP contribution in [0.1, 0.15) is 52.1 Å². The topological polar surface area (TPSA) is 59.4 Å². The summed E-state index contributed by atoms with van der Waals surface area (Å²) in [5, 5.41) is 12.7. The number of nitrogens with zero attached hydrogens (tertiary/aromatic N) is 1. The van der Waals surface area contributed by atoms with Crippen LogP contribution < -0.4 is 0 Å². The highest BCUT2D eigenvalue weighted by molar-refractivity contribution is 7.13. The summed E-state index contributed by atoms with van der Waals surface area (Å²) in [5.74, 6) is -0.852. The van der Waals surface area contributed by atoms with E-state index in [9.17, 15) is 9.90 Å². The van der Waals surface area contributed by atoms with Crippen LogP contribution in [0.2, 0.25) is 18.1 Å². The van der Waals surface area contributed by atoms with E-state index < -0.39 is 14.3 Å². The van der Waals surface area contributed by atoms with Gasteiger partial charge in [0.1, 0.15) is 5.01 Å². The fraction of sp³-hybridized carbons (Fsp3) is 0.478. The maximum Gasteiger partial charge on any atom is 0.369 e. The van der Waals surface area contributed by atoms with Crippen molar-refractivity contribution in [2.24, 2.45) is 0 Å². The molecule has 6 heteroatoms. The molecule has 0 saturated heterocycles. The number of benzene rings is 1. The molecule has 2 rings (SSSR count). The quantitative estimate of drug-likeness (QED) is 0.192. The number of carboxylic acid groups (broad SMARTS) is 1. The molecule has 0 unspecified atom stereocenters. The molecule has 0 saturated carbocycles. The zero-order chi connectivity index (χ0) is 21.5. The maximum absolute atomic E-state index is 11.6. The van der Waals surface area contributed by atoms with E-state index in [1.807, 2.05) is 18.2 Å². The van der Waals surface area contributed by atoms with Gasteiger partial charge in [0.25, 0.3) is 8.32 Å². The first kappa shape index (κ1) is 23.4. The highest BCUT2D eigenvalue weighted by Gasteiger charge is 2.40. The number of aliphatic carboxylic acids is 1. The summed E-state index contributed by atoms with van der Waals surface area (Å²) in [6.45, 7) is 10.5. The summed E-state index contributed by atoms with van der Waals surface area (Å²) in [5.41, 5.74) is 2.30. The van der Waals surface area contributed by atoms with E-state index in [0.29, 0.717) is 0 Å². The molecule has 0 spiro atoms. The van der Waals surface area contributed by atoms with Crippen LogP contribution in [0.4, 0.5) is 0 Å². The second kappa shape index (κ2) is 10.2. The Bertz CT molecular complexity index is 822. The van der Waals surface area contributed by atoms with E-state index in [4.69, 9.17) is 9.41 Å². The Morgan fingerprint density at radius 3 is 2.48 bits per heavy atom. The number of rotatable bonds is 10. The number of unbranched alkanes of at least 4 members (excludes halogenated alkanes) is 3. The molecule has 158 valence electrons. The lowest BCUT2D eigenvalue weighted by molar-refractivity contribution is -0.135. The molecule has 0 amide bonds. The number of carbonyl (C=O) groups is 1. The van der Waals surface area contributed by atoms with Crippen molar-refractivity contribution in [3.05, 3.63) is 53.2 Å². The van der Waals surface area contributed by atoms with Gasteiger partial charge in [0.05, 0.1) is 5.69 Å². The average molecular weight is 432 g/mol. The zero-order valence-electron chi connectivity index (χ0n) is 18.2. The van der Waals surface area contributed by atoms with E-state index in [1.54, 1.807) is 17.4 Å². The largest absolute Gasteiger partial charge is 0.539 e. The van der Waals surface area contributed by atoms with Crippen LogP contribution in [0, 0.1) is 0 Å². The van der Waals surface area contributed by atoms with Gasteiger partial charge in [-0.05, 0) is 49.9 Å². The van der Waals surface area contributed by atoms with Gasteiger partial charge in [0, 0.05) is 10.9 Å². The molecular weight excluding hydrogens is 398 g/mol. The van der Waals surface area contributed by atoms with E-state index in [2.05, 4.69) is 51.4 Å². The summed E-state index contributed by atoms with van der Waals surface area (Å²) in [6, 6.07) is 10.2. The Morgan fingerprint density at radius 1 is 1.17 bits per heavy atom. The minimum absolute atomic E-state index is 0.0202. The zero-order valence-corrected chi connectivity index (χ0v) is 20.0. The Labute approximate surface area is 179 Å². The monoisotopic (exact) mass is 431 g/mol. The third-order valence-corrected chi connectivity index (χ3v) is 10.7. The first-order chi connectivity index (χ1) is 13.6. The molecule has 0 bridgehead atoms. The Hall–Kier alpha value is -1.92. The van der Waals surface area contributed by atoms with E-state index in [-0.39, 0.29) is 10.8 Å². The molecule has 1 aromatic carbocycles. The van der Waals surface area contributed by atoms with Gasteiger partial charge in [-0.1, -0.05) is 57.5 Å². The predicted molar refractivity (Wildman–Crippen MR) is 124 cm³/mol. The van der Waals surface area contributed by atoms with Crippen molar-refractivity contribution in [3.8, 4) is 10.6 Å². The van der Waals surface area contributed by atoms with Crippen LogP contribution in [-0.4, -0.2) is 24.4 Å². The molecule has 4 nitrogen and oxygen atoms in total. The van der Waals surface area contributed by atoms with Gasteiger partial charge in [0.2, 0.25) is 0 Å². The summed E-state index contributed by atoms with van der Waals surface area (Å²) in [6.07, 6.45) is 6.48. The Kier molecular flexibility index (Phi) is 8.22. The standard InChI is InChI=1S/C23H33NO3SSi/c1-23(2,3)29(4,5)27-20(22(25)26)16-12-7-6-11-15-19-17-28-21(24-19)18-13-9-8-10-14-18/h8-10,13-14,16-17H,6-7,11-12,15H2,1-5H3,(H,25,26)/b20-16-. The summed E-state index contributed by atoms with van der Waals surface area (Å²) < 4.78 is 5.98. The Balaban J connectivity index is 1.78. The van der Waals surface area contributed by atoms with Gasteiger partial charge in [-0.25, -0.2) is 9.78 Å². The maximum atomic E-state index is 11.6. The molecule has 0 radical (unpaired) electrons. The second-order valence-corrected chi connectivity index (χ2v) is 14.4. The number of aryl methyl sites for hydroxylation is 1. The van der Waals surface area contributed by atoms with Gasteiger partial charge in [0.15, 0.2) is 5.76 Å². The molecular formula is C23H33NO3SSi. The van der Waals surface area contributed by atoms with Crippen LogP contribution in [0.25, 0.3) is 10.6 Å². The molecule has 0 aliphatic carbocycles. The fourth-order valence-electron chi connectivity index (χ4n) is 2.60. The first-order valence-corrected chi connectivity index (χ1v) is 14.0. The van der Waals surface area contributed by atoms with Crippen molar-refractivity contribution in [2.45, 2.75) is 71.0 Å². The van der Waals surface area contributed by atoms with Crippen molar-refractivity contribution >= 4 is 25.6 Å². The molecule has 0 aliphatic rings. The Morgan fingerprint density at radius 2 is 1.86 bits per heavy atom. The van der Waals surface area contributed by atoms with Crippen molar-refractivity contribution in [1.29, 1.82) is 0 Å². The summed E-state index contributed by atoms with van der Waals surface area (Å²) in [4.78, 5) is 16.3. The van der Waals surface area contributed by atoms with Crippen molar-refractivity contribution in [2.75, 3.05) is 0 Å². The molecule has 29 heavy (non-hydrogen) atoms. The molecule has 0 atom stereocenters. The normalized spacial score (nSPS) is 12.8. The number of aromatic nitrogens is 1. The van der Waals surface area contributed by atoms with Gasteiger partial charge >= 0.3 is 5.97 Å². The third-order valence-electron chi connectivity index (χ3n) is 5.42. The molecule has 1 heterocycles. The number of allylic oxidation sites excluding steroid dienone is 1. The molecule has 1 N–H and O–H groups in total. The lowest BCUT2D eigenvalue weighted by Crippen LogP contribution is -2.41. The smallest absolute Gasteiger partial charge is 0.369 e. The fourth-order valence-corrected chi connectivity index (χ4v) is 4.48. The van der Waals surface area contributed by atoms with Crippen LogP contribution >= 0.6 is 11.3 Å². The third kappa shape index (κ3) is 7.12. The van der Waals surface area contributed by atoms with Crippen LogP contribution in [0.15, 0.2) is 47.5 Å². The highest BCUT2D eigenvalue weighted by atomic mass is 32.1. The molecule has 1 aromatic heterocycles. The molecule has 0 fully saturated rings. The second-order valence-electron chi connectivity index (χ2n) is 8.85. The predicted octanol–water partition coefficient (Wildman–Crippen LogP) is 6.90. The van der Waals surface area contributed by atoms with E-state index >= 15 is 0 Å². The average Bonchev–Trinajstić information content (AvgIpc) is 3.12. The minimum atomic E-state index is -2.13. The van der Waals surface area contributed by atoms with Gasteiger partial charge in [-0.2, -0.15) is 0 Å². The molecule has 2 aromatic rings. The highest BCUT2D eigenvalue weighted by Crippen LogP contribution is 2.38. The van der Waals surface area contributed by atoms with Gasteiger partial charge in [-0.3, -0.25) is 0 Å². The van der Waals surface area contributed by atoms with Crippen molar-refractivity contribution < 1.29 is 14.3 Å². The summed E-state index contributed by atoms with van der Waals surface area (Å²) >= 11 is 1.69. The first-order valence-electron chi connectivity index (χ1n) is 10.2. The molecule has 0 aliphatic heterocycles. The van der Waals surface area contributed by atoms with Gasteiger partial charge in [-0.15, -0.1) is 11.3 Å². The van der Waals surface area contributed by atoms with Crippen LogP contribution in [0.3, 0.4) is 0 Å². The SMILES string of the molecule is CC(C)(C)[Si](C)(C)O/C(=C\CCCCCc1csc(-c2ccccc2)n1)C(=O)O.